The van der Waals surface area contributed by atoms with Gasteiger partial charge in [-0.25, -0.2) is 4.79 Å². The van der Waals surface area contributed by atoms with Gasteiger partial charge in [0.1, 0.15) is 6.61 Å². The largest absolute Gasteiger partial charge is 0.448 e. The van der Waals surface area contributed by atoms with Crippen LogP contribution < -0.4 is 10.4 Å². The first kappa shape index (κ1) is 55.8. The molecule has 0 atom stereocenters. The highest BCUT2D eigenvalue weighted by atomic mass is 28.4. The van der Waals surface area contributed by atoms with Gasteiger partial charge < -0.3 is 61.4 Å². The summed E-state index contributed by atoms with van der Waals surface area (Å²) in [5.74, 6) is 0.0345. The Labute approximate surface area is 411 Å². The van der Waals surface area contributed by atoms with Crippen molar-refractivity contribution in [1.29, 1.82) is 0 Å². The van der Waals surface area contributed by atoms with Gasteiger partial charge in [-0.3, -0.25) is 0 Å². The third kappa shape index (κ3) is 19.2. The van der Waals surface area contributed by atoms with E-state index >= 15 is 0 Å². The van der Waals surface area contributed by atoms with E-state index in [-0.39, 0.29) is 17.0 Å². The van der Waals surface area contributed by atoms with Gasteiger partial charge in [0.15, 0.2) is 0 Å². The molecule has 0 N–H and O–H groups in total. The molecule has 15 heteroatoms. The second kappa shape index (κ2) is 32.7. The van der Waals surface area contributed by atoms with Crippen LogP contribution in [0.15, 0.2) is 109 Å². The maximum absolute atomic E-state index is 12.7. The highest BCUT2D eigenvalue weighted by molar-refractivity contribution is 6.99. The van der Waals surface area contributed by atoms with E-state index < -0.39 is 8.32 Å². The molecule has 69 heavy (non-hydrogen) atoms. The van der Waals surface area contributed by atoms with Gasteiger partial charge in [-0.1, -0.05) is 130 Å². The molecule has 5 rings (SSSR count). The molecule has 0 aliphatic heterocycles. The third-order valence-electron chi connectivity index (χ3n) is 11.5. The Morgan fingerprint density at radius 2 is 0.739 bits per heavy atom. The van der Waals surface area contributed by atoms with Crippen LogP contribution in [0.2, 0.25) is 5.04 Å². The minimum absolute atomic E-state index is 0.0345. The van der Waals surface area contributed by atoms with E-state index in [1.165, 1.54) is 37.5 Å². The van der Waals surface area contributed by atoms with Gasteiger partial charge in [0.2, 0.25) is 0 Å². The number of fused-ring (bicyclic) bond motifs is 3. The van der Waals surface area contributed by atoms with Crippen molar-refractivity contribution in [1.82, 2.24) is 4.90 Å². The molecule has 0 bridgehead atoms. The average molecular weight is 976 g/mol. The quantitative estimate of drug-likeness (QED) is 0.0353. The van der Waals surface area contributed by atoms with Crippen molar-refractivity contribution in [3.05, 3.63) is 120 Å². The van der Waals surface area contributed by atoms with Gasteiger partial charge in [-0.15, -0.1) is 0 Å². The monoisotopic (exact) mass is 976 g/mol. The number of carbonyl (C=O) groups is 1. The molecule has 380 valence electrons. The molecule has 4 aromatic carbocycles. The molecule has 0 saturated carbocycles. The van der Waals surface area contributed by atoms with E-state index in [0.717, 1.165) is 0 Å². The molecule has 1 aliphatic rings. The lowest BCUT2D eigenvalue weighted by atomic mass is 9.98. The van der Waals surface area contributed by atoms with Crippen molar-refractivity contribution < 1.29 is 61.3 Å². The highest BCUT2D eigenvalue weighted by Crippen LogP contribution is 2.44. The number of hydrogen-bond donors (Lipinski definition) is 0. The number of likely N-dealkylation sites (N-methyl/N-ethyl adjacent to an activating group) is 1. The predicted octanol–water partition coefficient (Wildman–Crippen LogP) is 6.61. The standard InChI is InChI=1S/C54H77NO13Si/c1-54(2,3)69(46-15-7-5-8-16-46,47-17-9-6-10-18-47)68-44-43-66-42-41-65-40-39-64-38-37-63-36-35-62-34-33-61-32-31-60-30-29-59-28-27-58-26-25-57-24-23-55(4)53(56)67-45-52-50-21-13-11-19-48(50)49-20-12-14-22-51(49)52/h5-22,52H,23-45H2,1-4H3. The third-order valence-corrected chi connectivity index (χ3v) is 16.6. The minimum atomic E-state index is -2.55. The molecule has 0 fully saturated rings. The number of nitrogens with zero attached hydrogens (tertiary/aromatic N) is 1. The first-order valence-corrected chi connectivity index (χ1v) is 26.3. The van der Waals surface area contributed by atoms with Gasteiger partial charge in [-0.05, 0) is 37.7 Å². The summed E-state index contributed by atoms with van der Waals surface area (Å²) in [7, 11) is -0.837. The van der Waals surface area contributed by atoms with Crippen molar-refractivity contribution in [2.75, 3.05) is 159 Å². The highest BCUT2D eigenvalue weighted by Gasteiger charge is 2.50. The molecule has 0 heterocycles. The van der Waals surface area contributed by atoms with Crippen LogP contribution >= 0.6 is 0 Å². The molecule has 1 amide bonds. The van der Waals surface area contributed by atoms with Crippen molar-refractivity contribution in [2.24, 2.45) is 0 Å². The Hall–Kier alpha value is -4.07. The van der Waals surface area contributed by atoms with E-state index in [2.05, 4.69) is 106 Å². The van der Waals surface area contributed by atoms with Crippen LogP contribution in [0.4, 0.5) is 4.79 Å². The zero-order valence-corrected chi connectivity index (χ0v) is 42.5. The van der Waals surface area contributed by atoms with Crippen LogP contribution in [0, 0.1) is 0 Å². The number of ether oxygens (including phenoxy) is 11. The molecule has 14 nitrogen and oxygen atoms in total. The SMILES string of the molecule is CN(CCOCCOCCOCCOCCOCCOCCOCCOCCOCCOCCO[Si](c1ccccc1)(c1ccccc1)C(C)(C)C)C(=O)OCC1c2ccccc2-c2ccccc21. The van der Waals surface area contributed by atoms with Crippen molar-refractivity contribution in [3.63, 3.8) is 0 Å². The zero-order valence-electron chi connectivity index (χ0n) is 41.5. The number of rotatable bonds is 38. The summed E-state index contributed by atoms with van der Waals surface area (Å²) in [6, 6.07) is 37.9. The number of carbonyl (C=O) groups excluding carboxylic acids is 1. The maximum Gasteiger partial charge on any atom is 0.409 e. The van der Waals surface area contributed by atoms with Gasteiger partial charge in [0.05, 0.1) is 139 Å². The van der Waals surface area contributed by atoms with Crippen molar-refractivity contribution in [2.45, 2.75) is 31.7 Å². The summed E-state index contributed by atoms with van der Waals surface area (Å²) >= 11 is 0. The topological polar surface area (TPSA) is 131 Å². The molecule has 0 unspecified atom stereocenters. The summed E-state index contributed by atoms with van der Waals surface area (Å²) in [6.45, 7) is 17.6. The Balaban J connectivity index is 0.710. The zero-order chi connectivity index (χ0) is 48.7. The first-order chi connectivity index (χ1) is 33.8. The molecular formula is C54H77NO13Si. The van der Waals surface area contributed by atoms with E-state index in [1.807, 2.05) is 24.3 Å². The van der Waals surface area contributed by atoms with E-state index in [0.29, 0.717) is 152 Å². The predicted molar refractivity (Wildman–Crippen MR) is 269 cm³/mol. The van der Waals surface area contributed by atoms with Crippen molar-refractivity contribution >= 4 is 24.8 Å². The molecule has 1 aliphatic carbocycles. The molecule has 0 saturated heterocycles. The second-order valence-corrected chi connectivity index (χ2v) is 21.7. The Bertz CT molecular complexity index is 1870. The van der Waals surface area contributed by atoms with Crippen molar-refractivity contribution in [3.8, 4) is 11.1 Å². The normalized spacial score (nSPS) is 12.6. The van der Waals surface area contributed by atoms with Gasteiger partial charge in [-0.2, -0.15) is 0 Å². The van der Waals surface area contributed by atoms with Crippen LogP contribution in [-0.2, 0) is 56.5 Å². The molecule has 4 aromatic rings. The molecule has 0 aromatic heterocycles. The van der Waals surface area contributed by atoms with E-state index in [1.54, 1.807) is 7.05 Å². The smallest absolute Gasteiger partial charge is 0.409 e. The maximum atomic E-state index is 12.7. The molecular weight excluding hydrogens is 899 g/mol. The van der Waals surface area contributed by atoms with E-state index in [9.17, 15) is 4.79 Å². The Morgan fingerprint density at radius 1 is 0.435 bits per heavy atom. The van der Waals surface area contributed by atoms with Gasteiger partial charge >= 0.3 is 6.09 Å². The first-order valence-electron chi connectivity index (χ1n) is 24.4. The summed E-state index contributed by atoms with van der Waals surface area (Å²) in [5.41, 5.74) is 4.79. The fourth-order valence-electron chi connectivity index (χ4n) is 8.09. The van der Waals surface area contributed by atoms with Crippen LogP contribution in [-0.4, -0.2) is 178 Å². The Kier molecular flexibility index (Phi) is 26.5. The number of hydrogen-bond acceptors (Lipinski definition) is 13. The second-order valence-electron chi connectivity index (χ2n) is 17.4. The fraction of sp³-hybridized carbons (Fsp3) is 0.537. The number of amides is 1. The average Bonchev–Trinajstić information content (AvgIpc) is 3.69. The molecule has 0 spiro atoms. The summed E-state index contributed by atoms with van der Waals surface area (Å²) in [5, 5.41) is 2.46. The summed E-state index contributed by atoms with van der Waals surface area (Å²) in [6.07, 6.45) is -0.365. The number of benzene rings is 4. The lowest BCUT2D eigenvalue weighted by Crippen LogP contribution is -2.66. The van der Waals surface area contributed by atoms with E-state index in [4.69, 9.17) is 56.5 Å². The fourth-order valence-corrected chi connectivity index (χ4v) is 12.6. The van der Waals surface area contributed by atoms with Gasteiger partial charge in [0, 0.05) is 19.5 Å². The summed E-state index contributed by atoms with van der Waals surface area (Å²) in [4.78, 5) is 14.2. The summed E-state index contributed by atoms with van der Waals surface area (Å²) < 4.78 is 68.7. The van der Waals surface area contributed by atoms with Crippen LogP contribution in [0.3, 0.4) is 0 Å². The minimum Gasteiger partial charge on any atom is -0.448 e. The van der Waals surface area contributed by atoms with Crippen LogP contribution in [0.5, 0.6) is 0 Å². The van der Waals surface area contributed by atoms with Crippen LogP contribution in [0.1, 0.15) is 37.8 Å². The molecule has 0 radical (unpaired) electrons. The Morgan fingerprint density at radius 3 is 1.09 bits per heavy atom. The lowest BCUT2D eigenvalue weighted by Gasteiger charge is -2.43. The van der Waals surface area contributed by atoms with Crippen LogP contribution in [0.25, 0.3) is 11.1 Å². The van der Waals surface area contributed by atoms with Gasteiger partial charge in [0.25, 0.3) is 8.32 Å². The lowest BCUT2D eigenvalue weighted by molar-refractivity contribution is -0.0268.